The highest BCUT2D eigenvalue weighted by Gasteiger charge is 2.44. The number of phenols is 1. The van der Waals surface area contributed by atoms with Crippen molar-refractivity contribution in [3.63, 3.8) is 0 Å². The minimum atomic E-state index is -1.11. The summed E-state index contributed by atoms with van der Waals surface area (Å²) < 4.78 is 18.6. The van der Waals surface area contributed by atoms with Gasteiger partial charge in [0.15, 0.2) is 17.4 Å². The lowest BCUT2D eigenvalue weighted by molar-refractivity contribution is -0.149. The van der Waals surface area contributed by atoms with Gasteiger partial charge in [-0.1, -0.05) is 31.1 Å². The molecule has 0 unspecified atom stereocenters. The van der Waals surface area contributed by atoms with Gasteiger partial charge >= 0.3 is 5.97 Å². The van der Waals surface area contributed by atoms with Crippen LogP contribution in [0.5, 0.6) is 11.6 Å². The fraction of sp³-hybridized carbons (Fsp3) is 0.574. The van der Waals surface area contributed by atoms with Crippen LogP contribution in [0.2, 0.25) is 0 Å². The maximum Gasteiger partial charge on any atom is 0.326 e. The molecule has 4 aromatic rings. The fourth-order valence-electron chi connectivity index (χ4n) is 10.2. The molecule has 4 saturated heterocycles. The number of aliphatic hydroxyl groups excluding tert-OH is 1. The second-order valence-electron chi connectivity index (χ2n) is 18.8. The van der Waals surface area contributed by atoms with Gasteiger partial charge in [-0.2, -0.15) is 0 Å². The van der Waals surface area contributed by atoms with Crippen molar-refractivity contribution in [2.45, 2.75) is 95.2 Å². The summed E-state index contributed by atoms with van der Waals surface area (Å²) in [7, 11) is 0. The molecule has 5 aliphatic rings. The predicted molar refractivity (Wildman–Crippen MR) is 243 cm³/mol. The number of hydrogen-bond donors (Lipinski definition) is 4. The van der Waals surface area contributed by atoms with Gasteiger partial charge in [-0.15, -0.1) is 10.2 Å². The number of rotatable bonds is 14. The summed E-state index contributed by atoms with van der Waals surface area (Å²) >= 11 is 0. The van der Waals surface area contributed by atoms with E-state index in [4.69, 9.17) is 19.7 Å². The van der Waals surface area contributed by atoms with Crippen molar-refractivity contribution in [1.82, 2.24) is 30.1 Å². The van der Waals surface area contributed by atoms with Crippen LogP contribution in [-0.4, -0.2) is 153 Å². The van der Waals surface area contributed by atoms with Crippen molar-refractivity contribution < 1.29 is 38.9 Å². The summed E-state index contributed by atoms with van der Waals surface area (Å²) in [6.07, 6.45) is 7.41. The number of benzene rings is 1. The number of aliphatic carboxylic acids is 1. The van der Waals surface area contributed by atoms with Crippen molar-refractivity contribution in [2.75, 3.05) is 85.9 Å². The van der Waals surface area contributed by atoms with Gasteiger partial charge in [0.25, 0.3) is 0 Å². The number of aromatic nitrogens is 4. The zero-order valence-corrected chi connectivity index (χ0v) is 37.3. The highest BCUT2D eigenvalue weighted by atomic mass is 16.5. The Morgan fingerprint density at radius 3 is 2.32 bits per heavy atom. The number of carbonyl (C=O) groups excluding carboxylic acids is 1. The van der Waals surface area contributed by atoms with Crippen LogP contribution in [0.25, 0.3) is 11.3 Å². The van der Waals surface area contributed by atoms with Gasteiger partial charge in [0.1, 0.15) is 23.8 Å². The topological polar surface area (TPSA) is 220 Å². The number of ether oxygens (including phenoxy) is 2. The van der Waals surface area contributed by atoms with Crippen molar-refractivity contribution in [2.24, 2.45) is 11.8 Å². The van der Waals surface area contributed by atoms with E-state index >= 15 is 0 Å². The molecule has 1 aromatic carbocycles. The average molecular weight is 895 g/mol. The van der Waals surface area contributed by atoms with E-state index in [1.165, 1.54) is 4.90 Å². The Balaban J connectivity index is 0.672. The standard InChI is InChI=1S/C47H62N10O8/c1-29(2)44(46(60)57-28-32(58)22-39(57)47(61)62)41-26-42(52-65-41)56-15-8-30(9-16-56)27-53-13-10-33(11-14-53)63-34-23-35(24-34)64-43-21-31(7-12-49-43)54-17-19-55(20-18-54)38-25-37(50-51-45(38)48)36-5-3-4-6-40(36)59/h3-7,12,21,25-26,29-30,32-35,39,44,58-59H,8-11,13-20,22-24,27-28H2,1-2H3,(H2,48,51)(H,61,62)/t32-,34?,35?,39+,44-/m1/s1. The minimum Gasteiger partial charge on any atom is -0.507 e. The largest absolute Gasteiger partial charge is 0.507 e. The Morgan fingerprint density at radius 1 is 0.862 bits per heavy atom. The van der Waals surface area contributed by atoms with Crippen LogP contribution in [-0.2, 0) is 14.3 Å². The molecule has 0 bridgehead atoms. The number of hydrogen-bond acceptors (Lipinski definition) is 16. The number of β-amino-alcohol motifs (C(OH)–C–C–N with tert-alkyl or cyclic N) is 1. The molecule has 348 valence electrons. The number of pyridine rings is 1. The van der Waals surface area contributed by atoms with Crippen LogP contribution >= 0.6 is 0 Å². The van der Waals surface area contributed by atoms with Crippen LogP contribution in [0.15, 0.2) is 59.3 Å². The Hall–Kier alpha value is -5.72. The molecule has 7 heterocycles. The van der Waals surface area contributed by atoms with Gasteiger partial charge in [0.05, 0.1) is 29.7 Å². The first-order valence-electron chi connectivity index (χ1n) is 23.3. The van der Waals surface area contributed by atoms with Crippen molar-refractivity contribution in [1.29, 1.82) is 0 Å². The summed E-state index contributed by atoms with van der Waals surface area (Å²) in [5.74, 6) is 0.606. The zero-order valence-electron chi connectivity index (χ0n) is 37.3. The number of nitrogens with zero attached hydrogens (tertiary/aromatic N) is 9. The maximum atomic E-state index is 13.6. The molecule has 1 amide bonds. The van der Waals surface area contributed by atoms with Crippen LogP contribution in [0, 0.1) is 11.8 Å². The quantitative estimate of drug-likeness (QED) is 0.139. The fourth-order valence-corrected chi connectivity index (χ4v) is 10.2. The lowest BCUT2D eigenvalue weighted by Gasteiger charge is -2.41. The number of amides is 1. The molecular formula is C47H62N10O8. The monoisotopic (exact) mass is 894 g/mol. The third-order valence-electron chi connectivity index (χ3n) is 14.0. The first-order valence-corrected chi connectivity index (χ1v) is 23.3. The van der Waals surface area contributed by atoms with Crippen LogP contribution in [0.1, 0.15) is 70.5 Å². The number of carbonyl (C=O) groups is 2. The second-order valence-corrected chi connectivity index (χ2v) is 18.8. The van der Waals surface area contributed by atoms with Gasteiger partial charge in [-0.05, 0) is 61.8 Å². The van der Waals surface area contributed by atoms with Crippen LogP contribution < -0.4 is 25.2 Å². The molecule has 5 fully saturated rings. The highest BCUT2D eigenvalue weighted by Crippen LogP contribution is 2.36. The molecule has 0 spiro atoms. The van der Waals surface area contributed by atoms with E-state index in [0.29, 0.717) is 40.5 Å². The number of phenolic OH excluding ortho intramolecular Hbond substituents is 1. The molecule has 65 heavy (non-hydrogen) atoms. The van der Waals surface area contributed by atoms with Gasteiger partial charge in [-0.25, -0.2) is 9.78 Å². The van der Waals surface area contributed by atoms with E-state index in [1.54, 1.807) is 12.1 Å². The number of likely N-dealkylation sites (tertiary alicyclic amines) is 2. The molecule has 1 aliphatic carbocycles. The SMILES string of the molecule is CC(C)[C@@H](C(=O)N1C[C@H](O)C[C@H]1C(=O)O)c1cc(N2CCC(CN3CCC(OC4CC(Oc5cc(N6CCN(c7cc(-c8ccccc8O)nnc7N)CC6)ccn5)C4)CC3)CC2)no1. The van der Waals surface area contributed by atoms with E-state index < -0.39 is 24.0 Å². The number of aliphatic hydroxyl groups is 1. The molecule has 0 radical (unpaired) electrons. The maximum absolute atomic E-state index is 13.6. The second kappa shape index (κ2) is 19.4. The molecule has 3 atom stereocenters. The third kappa shape index (κ3) is 10.1. The van der Waals surface area contributed by atoms with Gasteiger partial charge < -0.3 is 59.5 Å². The number of piperidine rings is 2. The number of piperazine rings is 1. The minimum absolute atomic E-state index is 0.00221. The van der Waals surface area contributed by atoms with E-state index in [9.17, 15) is 24.9 Å². The Kier molecular flexibility index (Phi) is 13.3. The van der Waals surface area contributed by atoms with Crippen LogP contribution in [0.4, 0.5) is 23.0 Å². The summed E-state index contributed by atoms with van der Waals surface area (Å²) in [5.41, 5.74) is 9.36. The number of carboxylic acids is 1. The predicted octanol–water partition coefficient (Wildman–Crippen LogP) is 4.23. The van der Waals surface area contributed by atoms with E-state index in [1.807, 2.05) is 56.4 Å². The Bertz CT molecular complexity index is 2270. The van der Waals surface area contributed by atoms with E-state index in [0.717, 1.165) is 109 Å². The highest BCUT2D eigenvalue weighted by molar-refractivity contribution is 5.89. The molecule has 18 nitrogen and oxygen atoms in total. The average Bonchev–Trinajstić information content (AvgIpc) is 3.94. The Morgan fingerprint density at radius 2 is 1.60 bits per heavy atom. The smallest absolute Gasteiger partial charge is 0.326 e. The van der Waals surface area contributed by atoms with Crippen molar-refractivity contribution in [3.05, 3.63) is 60.5 Å². The van der Waals surface area contributed by atoms with Crippen molar-refractivity contribution >= 4 is 34.9 Å². The first-order chi connectivity index (χ1) is 31.4. The first kappa shape index (κ1) is 44.5. The zero-order chi connectivity index (χ0) is 45.2. The summed E-state index contributed by atoms with van der Waals surface area (Å²) in [5, 5.41) is 42.9. The molecular weight excluding hydrogens is 833 g/mol. The van der Waals surface area contributed by atoms with Gasteiger partial charge in [0, 0.05) is 114 Å². The molecule has 18 heteroatoms. The number of nitrogen functional groups attached to an aromatic ring is 1. The molecule has 9 rings (SSSR count). The van der Waals surface area contributed by atoms with Gasteiger partial charge in [0.2, 0.25) is 11.8 Å². The summed E-state index contributed by atoms with van der Waals surface area (Å²) in [4.78, 5) is 40.5. The number of aromatic hydroxyl groups is 1. The lowest BCUT2D eigenvalue weighted by atomic mass is 9.91. The summed E-state index contributed by atoms with van der Waals surface area (Å²) in [6.45, 7) is 11.7. The number of carboxylic acid groups (broad SMARTS) is 1. The number of nitrogens with two attached hydrogens (primary N) is 1. The molecule has 1 saturated carbocycles. The normalized spacial score (nSPS) is 24.1. The van der Waals surface area contributed by atoms with Crippen LogP contribution in [0.3, 0.4) is 0 Å². The van der Waals surface area contributed by atoms with E-state index in [2.05, 4.69) is 39.9 Å². The number of anilines is 4. The lowest BCUT2D eigenvalue weighted by Crippen LogP contribution is -2.47. The molecule has 3 aromatic heterocycles. The van der Waals surface area contributed by atoms with Gasteiger partial charge in [-0.3, -0.25) is 4.79 Å². The Labute approximate surface area is 379 Å². The molecule has 4 aliphatic heterocycles. The summed E-state index contributed by atoms with van der Waals surface area (Å²) in [6, 6.07) is 13.8. The number of para-hydroxylation sites is 1. The third-order valence-corrected chi connectivity index (χ3v) is 14.0. The van der Waals surface area contributed by atoms with E-state index in [-0.39, 0.29) is 48.9 Å². The molecule has 5 N–H and O–H groups in total. The van der Waals surface area contributed by atoms with Crippen molar-refractivity contribution in [3.8, 4) is 22.9 Å².